The Kier molecular flexibility index (Phi) is 5.73. The van der Waals surface area contributed by atoms with E-state index < -0.39 is 26.7 Å². The third-order valence-corrected chi connectivity index (χ3v) is 5.50. The molecule has 0 fully saturated rings. The van der Waals surface area contributed by atoms with Crippen LogP contribution in [0.1, 0.15) is 16.7 Å². The molecule has 6 nitrogen and oxygen atoms in total. The molecular formula is C17H14ClF3N4O2S. The van der Waals surface area contributed by atoms with Gasteiger partial charge in [-0.2, -0.15) is 18.3 Å². The lowest BCUT2D eigenvalue weighted by atomic mass is 10.1. The van der Waals surface area contributed by atoms with E-state index in [0.717, 1.165) is 17.7 Å². The van der Waals surface area contributed by atoms with Crippen LogP contribution in [0, 0.1) is 0 Å². The van der Waals surface area contributed by atoms with E-state index in [4.69, 9.17) is 11.6 Å². The molecule has 1 heterocycles. The van der Waals surface area contributed by atoms with Crippen LogP contribution in [0.2, 0.25) is 5.02 Å². The Morgan fingerprint density at radius 3 is 2.54 bits per heavy atom. The zero-order valence-electron chi connectivity index (χ0n) is 14.2. The molecule has 0 unspecified atom stereocenters. The molecule has 0 aliphatic heterocycles. The number of aromatic nitrogens is 3. The molecule has 0 atom stereocenters. The summed E-state index contributed by atoms with van der Waals surface area (Å²) < 4.78 is 68.3. The first-order chi connectivity index (χ1) is 13.1. The number of hydrogen-bond acceptors (Lipinski definition) is 4. The molecule has 1 aromatic heterocycles. The summed E-state index contributed by atoms with van der Waals surface area (Å²) >= 11 is 5.59. The van der Waals surface area contributed by atoms with Crippen LogP contribution in [-0.4, -0.2) is 23.2 Å². The van der Waals surface area contributed by atoms with Gasteiger partial charge in [0.2, 0.25) is 10.0 Å². The van der Waals surface area contributed by atoms with Gasteiger partial charge in [-0.25, -0.2) is 22.8 Å². The van der Waals surface area contributed by atoms with Crippen LogP contribution in [0.4, 0.5) is 13.2 Å². The molecule has 0 bridgehead atoms. The predicted molar refractivity (Wildman–Crippen MR) is 96.0 cm³/mol. The first-order valence-electron chi connectivity index (χ1n) is 7.92. The van der Waals surface area contributed by atoms with Crippen molar-refractivity contribution in [2.45, 2.75) is 24.2 Å². The molecule has 0 saturated carbocycles. The fraction of sp³-hybridized carbons (Fsp3) is 0.176. The number of sulfonamides is 1. The molecule has 28 heavy (non-hydrogen) atoms. The van der Waals surface area contributed by atoms with Gasteiger partial charge in [0.25, 0.3) is 0 Å². The smallest absolute Gasteiger partial charge is 0.249 e. The Hall–Kier alpha value is -2.43. The average molecular weight is 431 g/mol. The Bertz CT molecular complexity index is 1070. The molecule has 0 aliphatic carbocycles. The molecular weight excluding hydrogens is 417 g/mol. The minimum Gasteiger partial charge on any atom is -0.249 e. The minimum atomic E-state index is -4.85. The van der Waals surface area contributed by atoms with Gasteiger partial charge in [0.15, 0.2) is 0 Å². The standard InChI is InChI=1S/C17H14ClF3N4O2S/c18-14-4-5-16(15(7-14)17(19,20)21)28(26,27)24-8-12-2-1-3-13(6-12)9-25-11-22-10-23-25/h1-7,10-11,24H,8-9H2. The molecule has 0 radical (unpaired) electrons. The third kappa shape index (κ3) is 4.89. The van der Waals surface area contributed by atoms with Crippen LogP contribution in [0.5, 0.6) is 0 Å². The zero-order chi connectivity index (χ0) is 20.4. The molecule has 0 saturated heterocycles. The van der Waals surface area contributed by atoms with Crippen LogP contribution in [0.3, 0.4) is 0 Å². The zero-order valence-corrected chi connectivity index (χ0v) is 15.8. The van der Waals surface area contributed by atoms with Crippen molar-refractivity contribution in [1.29, 1.82) is 0 Å². The number of halogens is 4. The Morgan fingerprint density at radius 2 is 1.86 bits per heavy atom. The van der Waals surface area contributed by atoms with Gasteiger partial charge in [-0.05, 0) is 29.3 Å². The average Bonchev–Trinajstić information content (AvgIpc) is 3.12. The molecule has 2 aromatic carbocycles. The quantitative estimate of drug-likeness (QED) is 0.649. The second-order valence-corrected chi connectivity index (χ2v) is 8.05. The summed E-state index contributed by atoms with van der Waals surface area (Å²) in [5.41, 5.74) is 0.112. The molecule has 0 aliphatic rings. The van der Waals surface area contributed by atoms with Crippen LogP contribution in [-0.2, 0) is 29.3 Å². The fourth-order valence-corrected chi connectivity index (χ4v) is 3.95. The van der Waals surface area contributed by atoms with E-state index in [1.807, 2.05) is 6.07 Å². The number of alkyl halides is 3. The molecule has 1 N–H and O–H groups in total. The fourth-order valence-electron chi connectivity index (χ4n) is 2.55. The molecule has 148 valence electrons. The molecule has 3 aromatic rings. The Balaban J connectivity index is 1.79. The lowest BCUT2D eigenvalue weighted by Crippen LogP contribution is -2.26. The monoisotopic (exact) mass is 430 g/mol. The summed E-state index contributed by atoms with van der Waals surface area (Å²) in [4.78, 5) is 2.96. The number of benzene rings is 2. The van der Waals surface area contributed by atoms with Crippen molar-refractivity contribution in [1.82, 2.24) is 19.5 Å². The maximum absolute atomic E-state index is 13.2. The summed E-state index contributed by atoms with van der Waals surface area (Å²) in [5, 5.41) is 3.78. The molecule has 3 rings (SSSR count). The number of rotatable bonds is 6. The van der Waals surface area contributed by atoms with E-state index in [1.165, 1.54) is 12.7 Å². The van der Waals surface area contributed by atoms with Crippen molar-refractivity contribution in [3.05, 3.63) is 76.8 Å². The van der Waals surface area contributed by atoms with Crippen molar-refractivity contribution >= 4 is 21.6 Å². The summed E-state index contributed by atoms with van der Waals surface area (Å²) in [5.74, 6) is 0. The van der Waals surface area contributed by atoms with E-state index in [1.54, 1.807) is 22.9 Å². The van der Waals surface area contributed by atoms with Crippen molar-refractivity contribution < 1.29 is 21.6 Å². The number of nitrogens with zero attached hydrogens (tertiary/aromatic N) is 3. The molecule has 0 spiro atoms. The van der Waals surface area contributed by atoms with Crippen molar-refractivity contribution in [2.75, 3.05) is 0 Å². The van der Waals surface area contributed by atoms with Gasteiger partial charge in [-0.3, -0.25) is 0 Å². The van der Waals surface area contributed by atoms with Crippen LogP contribution in [0.25, 0.3) is 0 Å². The lowest BCUT2D eigenvalue weighted by molar-refractivity contribution is -0.139. The molecule has 0 amide bonds. The predicted octanol–water partition coefficient (Wildman–Crippen LogP) is 3.48. The van der Waals surface area contributed by atoms with Gasteiger partial charge >= 0.3 is 6.18 Å². The van der Waals surface area contributed by atoms with Gasteiger partial charge in [0.1, 0.15) is 12.7 Å². The van der Waals surface area contributed by atoms with Crippen LogP contribution in [0.15, 0.2) is 60.0 Å². The lowest BCUT2D eigenvalue weighted by Gasteiger charge is -2.14. The summed E-state index contributed by atoms with van der Waals surface area (Å²) in [6.45, 7) is 0.253. The topological polar surface area (TPSA) is 76.9 Å². The first-order valence-corrected chi connectivity index (χ1v) is 9.78. The van der Waals surface area contributed by atoms with E-state index in [9.17, 15) is 21.6 Å². The van der Waals surface area contributed by atoms with Crippen LogP contribution >= 0.6 is 11.6 Å². The Morgan fingerprint density at radius 1 is 1.11 bits per heavy atom. The maximum Gasteiger partial charge on any atom is 0.417 e. The van der Waals surface area contributed by atoms with Gasteiger partial charge in [0.05, 0.1) is 17.0 Å². The van der Waals surface area contributed by atoms with E-state index in [2.05, 4.69) is 14.8 Å². The minimum absolute atomic E-state index is 0.173. The highest BCUT2D eigenvalue weighted by atomic mass is 35.5. The highest BCUT2D eigenvalue weighted by Crippen LogP contribution is 2.35. The summed E-state index contributed by atoms with van der Waals surface area (Å²) in [7, 11) is -4.41. The largest absolute Gasteiger partial charge is 0.417 e. The van der Waals surface area contributed by atoms with Crippen molar-refractivity contribution in [3.8, 4) is 0 Å². The van der Waals surface area contributed by atoms with Gasteiger partial charge in [-0.15, -0.1) is 0 Å². The van der Waals surface area contributed by atoms with Crippen LogP contribution < -0.4 is 4.72 Å². The first kappa shape index (κ1) is 20.3. The highest BCUT2D eigenvalue weighted by molar-refractivity contribution is 7.89. The second-order valence-electron chi connectivity index (χ2n) is 5.88. The van der Waals surface area contributed by atoms with E-state index in [0.29, 0.717) is 18.2 Å². The third-order valence-electron chi connectivity index (χ3n) is 3.81. The highest BCUT2D eigenvalue weighted by Gasteiger charge is 2.37. The SMILES string of the molecule is O=S(=O)(NCc1cccc(Cn2cncn2)c1)c1ccc(Cl)cc1C(F)(F)F. The van der Waals surface area contributed by atoms with Gasteiger partial charge in [-0.1, -0.05) is 35.9 Å². The van der Waals surface area contributed by atoms with Crippen molar-refractivity contribution in [3.63, 3.8) is 0 Å². The van der Waals surface area contributed by atoms with E-state index >= 15 is 0 Å². The summed E-state index contributed by atoms with van der Waals surface area (Å²) in [6, 6.07) is 9.48. The normalized spacial score (nSPS) is 12.3. The molecule has 11 heteroatoms. The van der Waals surface area contributed by atoms with Gasteiger partial charge < -0.3 is 0 Å². The second kappa shape index (κ2) is 7.90. The maximum atomic E-state index is 13.2. The van der Waals surface area contributed by atoms with Crippen molar-refractivity contribution in [2.24, 2.45) is 0 Å². The summed E-state index contributed by atoms with van der Waals surface area (Å²) in [6.07, 6.45) is -1.93. The van der Waals surface area contributed by atoms with E-state index in [-0.39, 0.29) is 11.6 Å². The number of nitrogens with one attached hydrogen (secondary N) is 1. The van der Waals surface area contributed by atoms with Gasteiger partial charge in [0, 0.05) is 11.6 Å². The Labute approximate surface area is 164 Å². The number of hydrogen-bond donors (Lipinski definition) is 1.